The second-order valence-electron chi connectivity index (χ2n) is 6.76. The Bertz CT molecular complexity index is 1050. The van der Waals surface area contributed by atoms with E-state index in [1.165, 1.54) is 4.31 Å². The molecule has 1 aromatic heterocycles. The van der Waals surface area contributed by atoms with Crippen LogP contribution in [0.3, 0.4) is 0 Å². The first kappa shape index (κ1) is 19.0. The second kappa shape index (κ2) is 8.36. The number of aromatic nitrogens is 1. The van der Waals surface area contributed by atoms with Crippen LogP contribution in [0, 0.1) is 0 Å². The number of fused-ring (bicyclic) bond motifs is 1. The van der Waals surface area contributed by atoms with Gasteiger partial charge in [0.25, 0.3) is 0 Å². The Morgan fingerprint density at radius 3 is 2.46 bits per heavy atom. The molecule has 1 fully saturated rings. The summed E-state index contributed by atoms with van der Waals surface area (Å²) in [4.78, 5) is 4.98. The number of benzene rings is 2. The molecule has 4 rings (SSSR count). The topological polar surface area (TPSA) is 71.5 Å². The number of para-hydroxylation sites is 1. The number of rotatable bonds is 6. The largest absolute Gasteiger partial charge is 0.379 e. The first-order valence-electron chi connectivity index (χ1n) is 9.35. The fourth-order valence-corrected chi connectivity index (χ4v) is 4.66. The van der Waals surface area contributed by atoms with E-state index in [0.717, 1.165) is 22.2 Å². The molecule has 1 aliphatic rings. The van der Waals surface area contributed by atoms with Crippen molar-refractivity contribution in [2.45, 2.75) is 18.0 Å². The monoisotopic (exact) mass is 397 g/mol. The third-order valence-electron chi connectivity index (χ3n) is 4.82. The normalized spacial score (nSPS) is 15.7. The van der Waals surface area contributed by atoms with Crippen molar-refractivity contribution in [3.05, 3.63) is 71.9 Å². The molecular formula is C21H23N3O3S. The van der Waals surface area contributed by atoms with Crippen molar-refractivity contribution in [1.82, 2.24) is 14.6 Å². The van der Waals surface area contributed by atoms with Crippen molar-refractivity contribution in [2.75, 3.05) is 26.3 Å². The molecule has 0 atom stereocenters. The van der Waals surface area contributed by atoms with Crippen molar-refractivity contribution >= 4 is 20.9 Å². The number of morpholine rings is 1. The molecular weight excluding hydrogens is 374 g/mol. The molecule has 0 aliphatic carbocycles. The number of nitrogens with zero attached hydrogens (tertiary/aromatic N) is 2. The van der Waals surface area contributed by atoms with Crippen LogP contribution in [0.25, 0.3) is 10.9 Å². The van der Waals surface area contributed by atoms with Gasteiger partial charge in [-0.2, -0.15) is 4.31 Å². The van der Waals surface area contributed by atoms with Crippen molar-refractivity contribution in [2.24, 2.45) is 0 Å². The Hall–Kier alpha value is -2.32. The molecule has 1 N–H and O–H groups in total. The number of sulfonamides is 1. The lowest BCUT2D eigenvalue weighted by Crippen LogP contribution is -2.40. The third-order valence-corrected chi connectivity index (χ3v) is 6.74. The lowest BCUT2D eigenvalue weighted by Gasteiger charge is -2.26. The Labute approximate surface area is 165 Å². The lowest BCUT2D eigenvalue weighted by atomic mass is 10.2. The summed E-state index contributed by atoms with van der Waals surface area (Å²) in [7, 11) is -3.44. The molecule has 2 aromatic carbocycles. The van der Waals surface area contributed by atoms with Crippen LogP contribution in [0.2, 0.25) is 0 Å². The van der Waals surface area contributed by atoms with Crippen LogP contribution < -0.4 is 5.32 Å². The maximum absolute atomic E-state index is 12.7. The fourth-order valence-electron chi connectivity index (χ4n) is 3.26. The van der Waals surface area contributed by atoms with E-state index < -0.39 is 10.0 Å². The van der Waals surface area contributed by atoms with E-state index in [0.29, 0.717) is 44.3 Å². The van der Waals surface area contributed by atoms with Crippen molar-refractivity contribution < 1.29 is 13.2 Å². The second-order valence-corrected chi connectivity index (χ2v) is 8.70. The van der Waals surface area contributed by atoms with Gasteiger partial charge in [0.05, 0.1) is 29.3 Å². The number of ether oxygens (including phenoxy) is 1. The number of hydrogen-bond acceptors (Lipinski definition) is 5. The summed E-state index contributed by atoms with van der Waals surface area (Å²) < 4.78 is 32.0. The van der Waals surface area contributed by atoms with Crippen LogP contribution in [0.1, 0.15) is 11.3 Å². The zero-order valence-corrected chi connectivity index (χ0v) is 16.4. The van der Waals surface area contributed by atoms with Gasteiger partial charge in [-0.25, -0.2) is 8.42 Å². The molecule has 1 saturated heterocycles. The molecule has 0 bridgehead atoms. The maximum Gasteiger partial charge on any atom is 0.243 e. The van der Waals surface area contributed by atoms with Gasteiger partial charge in [-0.1, -0.05) is 36.4 Å². The molecule has 3 aromatic rings. The molecule has 146 valence electrons. The van der Waals surface area contributed by atoms with Gasteiger partial charge in [-0.3, -0.25) is 4.98 Å². The fraction of sp³-hybridized carbons (Fsp3) is 0.286. The molecule has 7 heteroatoms. The van der Waals surface area contributed by atoms with E-state index in [-0.39, 0.29) is 0 Å². The zero-order chi connectivity index (χ0) is 19.4. The minimum atomic E-state index is -3.44. The van der Waals surface area contributed by atoms with Crippen molar-refractivity contribution in [1.29, 1.82) is 0 Å². The summed E-state index contributed by atoms with van der Waals surface area (Å²) in [6.45, 7) is 3.01. The molecule has 0 unspecified atom stereocenters. The van der Waals surface area contributed by atoms with E-state index in [1.54, 1.807) is 12.1 Å². The van der Waals surface area contributed by atoms with Crippen LogP contribution in [-0.2, 0) is 27.8 Å². The summed E-state index contributed by atoms with van der Waals surface area (Å²) in [5.74, 6) is 0. The number of nitrogens with one attached hydrogen (secondary N) is 1. The van der Waals surface area contributed by atoms with E-state index >= 15 is 0 Å². The molecule has 6 nitrogen and oxygen atoms in total. The Balaban J connectivity index is 1.36. The van der Waals surface area contributed by atoms with Crippen LogP contribution >= 0.6 is 0 Å². The highest BCUT2D eigenvalue weighted by Crippen LogP contribution is 2.18. The summed E-state index contributed by atoms with van der Waals surface area (Å²) in [5.41, 5.74) is 2.99. The van der Waals surface area contributed by atoms with Crippen LogP contribution in [0.4, 0.5) is 0 Å². The summed E-state index contributed by atoms with van der Waals surface area (Å²) in [6, 6.07) is 19.2. The zero-order valence-electron chi connectivity index (χ0n) is 15.5. The minimum Gasteiger partial charge on any atom is -0.379 e. The van der Waals surface area contributed by atoms with Gasteiger partial charge >= 0.3 is 0 Å². The quantitative estimate of drug-likeness (QED) is 0.692. The van der Waals surface area contributed by atoms with Crippen molar-refractivity contribution in [3.8, 4) is 0 Å². The Morgan fingerprint density at radius 2 is 1.68 bits per heavy atom. The van der Waals surface area contributed by atoms with E-state index in [4.69, 9.17) is 4.74 Å². The molecule has 2 heterocycles. The highest BCUT2D eigenvalue weighted by atomic mass is 32.2. The standard InChI is InChI=1S/C21H23N3O3S/c25-28(26,24-11-13-27-14-12-24)20-9-5-17(6-10-20)15-22-16-19-8-7-18-3-1-2-4-21(18)23-19/h1-10,22H,11-16H2. The molecule has 0 saturated carbocycles. The van der Waals surface area contributed by atoms with Gasteiger partial charge in [0.1, 0.15) is 0 Å². The smallest absolute Gasteiger partial charge is 0.243 e. The average molecular weight is 398 g/mol. The predicted molar refractivity (Wildman–Crippen MR) is 108 cm³/mol. The minimum absolute atomic E-state index is 0.328. The third kappa shape index (κ3) is 4.23. The summed E-state index contributed by atoms with van der Waals surface area (Å²) in [5, 5.41) is 4.49. The van der Waals surface area contributed by atoms with Gasteiger partial charge in [-0.15, -0.1) is 0 Å². The average Bonchev–Trinajstić information content (AvgIpc) is 2.75. The van der Waals surface area contributed by atoms with Crippen LogP contribution in [0.5, 0.6) is 0 Å². The van der Waals surface area contributed by atoms with Crippen LogP contribution in [0.15, 0.2) is 65.6 Å². The lowest BCUT2D eigenvalue weighted by molar-refractivity contribution is 0.0730. The van der Waals surface area contributed by atoms with Gasteiger partial charge in [0.2, 0.25) is 10.0 Å². The molecule has 0 radical (unpaired) electrons. The highest BCUT2D eigenvalue weighted by molar-refractivity contribution is 7.89. The van der Waals surface area contributed by atoms with E-state index in [1.807, 2.05) is 42.5 Å². The number of hydrogen-bond donors (Lipinski definition) is 1. The first-order valence-corrected chi connectivity index (χ1v) is 10.8. The predicted octanol–water partition coefficient (Wildman–Crippen LogP) is 2.55. The van der Waals surface area contributed by atoms with E-state index in [9.17, 15) is 8.42 Å². The SMILES string of the molecule is O=S(=O)(c1ccc(CNCc2ccc3ccccc3n2)cc1)N1CCOCC1. The van der Waals surface area contributed by atoms with Crippen LogP contribution in [-0.4, -0.2) is 44.0 Å². The molecule has 1 aliphatic heterocycles. The highest BCUT2D eigenvalue weighted by Gasteiger charge is 2.25. The maximum atomic E-state index is 12.7. The van der Waals surface area contributed by atoms with Gasteiger partial charge in [-0.05, 0) is 29.8 Å². The van der Waals surface area contributed by atoms with E-state index in [2.05, 4.69) is 16.4 Å². The summed E-state index contributed by atoms with van der Waals surface area (Å²) in [6.07, 6.45) is 0. The first-order chi connectivity index (χ1) is 13.6. The molecule has 0 amide bonds. The summed E-state index contributed by atoms with van der Waals surface area (Å²) >= 11 is 0. The Morgan fingerprint density at radius 1 is 0.929 bits per heavy atom. The van der Waals surface area contributed by atoms with Gasteiger partial charge in [0, 0.05) is 31.6 Å². The van der Waals surface area contributed by atoms with Gasteiger partial charge < -0.3 is 10.1 Å². The Kier molecular flexibility index (Phi) is 5.68. The molecule has 0 spiro atoms. The van der Waals surface area contributed by atoms with Gasteiger partial charge in [0.15, 0.2) is 0 Å². The molecule has 28 heavy (non-hydrogen) atoms. The van der Waals surface area contributed by atoms with Crippen molar-refractivity contribution in [3.63, 3.8) is 0 Å². The number of pyridine rings is 1.